The molecule has 0 aliphatic carbocycles. The maximum atomic E-state index is 12.1. The summed E-state index contributed by atoms with van der Waals surface area (Å²) in [4.78, 5) is 16.6. The van der Waals surface area contributed by atoms with Gasteiger partial charge < -0.3 is 4.90 Å². The first-order valence-corrected chi connectivity index (χ1v) is 6.86. The summed E-state index contributed by atoms with van der Waals surface area (Å²) in [7, 11) is 0. The molecule has 0 aromatic rings. The molecule has 0 saturated carbocycles. The highest BCUT2D eigenvalue weighted by atomic mass is 16.2. The Morgan fingerprint density at radius 1 is 1.29 bits per heavy atom. The average Bonchev–Trinajstić information content (AvgIpc) is 2.89. The van der Waals surface area contributed by atoms with Crippen molar-refractivity contribution in [3.05, 3.63) is 0 Å². The first-order valence-electron chi connectivity index (χ1n) is 6.86. The first kappa shape index (κ1) is 12.8. The SMILES string of the molecule is CC(C)C1NCN(CC(C)N2CCCC2)C1=O. The maximum Gasteiger partial charge on any atom is 0.241 e. The monoisotopic (exact) mass is 239 g/mol. The van der Waals surface area contributed by atoms with Crippen molar-refractivity contribution in [2.24, 2.45) is 5.92 Å². The van der Waals surface area contributed by atoms with E-state index >= 15 is 0 Å². The van der Waals surface area contributed by atoms with Gasteiger partial charge in [-0.1, -0.05) is 13.8 Å². The highest BCUT2D eigenvalue weighted by Crippen LogP contribution is 2.16. The van der Waals surface area contributed by atoms with Gasteiger partial charge in [-0.3, -0.25) is 15.0 Å². The zero-order chi connectivity index (χ0) is 12.4. The second kappa shape index (κ2) is 5.36. The van der Waals surface area contributed by atoms with E-state index in [2.05, 4.69) is 31.0 Å². The third-order valence-corrected chi connectivity index (χ3v) is 4.00. The summed E-state index contributed by atoms with van der Waals surface area (Å²) in [6.07, 6.45) is 2.62. The van der Waals surface area contributed by atoms with Crippen molar-refractivity contribution in [2.45, 2.75) is 45.7 Å². The number of carbonyl (C=O) groups is 1. The second-order valence-corrected chi connectivity index (χ2v) is 5.74. The van der Waals surface area contributed by atoms with Gasteiger partial charge in [-0.2, -0.15) is 0 Å². The molecule has 2 unspecified atom stereocenters. The van der Waals surface area contributed by atoms with Crippen molar-refractivity contribution < 1.29 is 4.79 Å². The fourth-order valence-electron chi connectivity index (χ4n) is 2.86. The summed E-state index contributed by atoms with van der Waals surface area (Å²) in [5.74, 6) is 0.667. The zero-order valence-corrected chi connectivity index (χ0v) is 11.3. The van der Waals surface area contributed by atoms with Crippen molar-refractivity contribution >= 4 is 5.91 Å². The van der Waals surface area contributed by atoms with Crippen molar-refractivity contribution in [2.75, 3.05) is 26.3 Å². The van der Waals surface area contributed by atoms with E-state index in [1.54, 1.807) is 0 Å². The lowest BCUT2D eigenvalue weighted by Crippen LogP contribution is -2.43. The van der Waals surface area contributed by atoms with Crippen LogP contribution in [-0.4, -0.2) is 54.1 Å². The molecule has 2 saturated heterocycles. The van der Waals surface area contributed by atoms with E-state index in [0.29, 0.717) is 12.0 Å². The summed E-state index contributed by atoms with van der Waals surface area (Å²) < 4.78 is 0. The van der Waals surface area contributed by atoms with Gasteiger partial charge in [-0.05, 0) is 38.8 Å². The van der Waals surface area contributed by atoms with Crippen LogP contribution in [0.2, 0.25) is 0 Å². The summed E-state index contributed by atoms with van der Waals surface area (Å²) >= 11 is 0. The number of amides is 1. The molecule has 0 radical (unpaired) electrons. The Bertz CT molecular complexity index is 274. The number of nitrogens with zero attached hydrogens (tertiary/aromatic N) is 2. The van der Waals surface area contributed by atoms with E-state index in [1.807, 2.05) is 4.90 Å². The summed E-state index contributed by atoms with van der Waals surface area (Å²) in [6.45, 7) is 10.4. The molecule has 1 N–H and O–H groups in total. The molecule has 1 amide bonds. The van der Waals surface area contributed by atoms with E-state index in [9.17, 15) is 4.79 Å². The lowest BCUT2D eigenvalue weighted by Gasteiger charge is -2.28. The van der Waals surface area contributed by atoms with Crippen molar-refractivity contribution in [3.63, 3.8) is 0 Å². The second-order valence-electron chi connectivity index (χ2n) is 5.74. The highest BCUT2D eigenvalue weighted by Gasteiger charge is 2.34. The van der Waals surface area contributed by atoms with Crippen LogP contribution in [-0.2, 0) is 4.79 Å². The number of hydrogen-bond acceptors (Lipinski definition) is 3. The molecule has 2 fully saturated rings. The molecule has 0 spiro atoms. The minimum Gasteiger partial charge on any atom is -0.327 e. The van der Waals surface area contributed by atoms with Crippen LogP contribution in [0, 0.1) is 5.92 Å². The van der Waals surface area contributed by atoms with Crippen LogP contribution in [0.4, 0.5) is 0 Å². The Kier molecular flexibility index (Phi) is 4.05. The smallest absolute Gasteiger partial charge is 0.241 e. The molecule has 0 bridgehead atoms. The van der Waals surface area contributed by atoms with Gasteiger partial charge in [-0.25, -0.2) is 0 Å². The minimum atomic E-state index is 0.0285. The highest BCUT2D eigenvalue weighted by molar-refractivity contribution is 5.84. The van der Waals surface area contributed by atoms with E-state index in [0.717, 1.165) is 13.2 Å². The van der Waals surface area contributed by atoms with E-state index in [1.165, 1.54) is 25.9 Å². The van der Waals surface area contributed by atoms with Crippen LogP contribution >= 0.6 is 0 Å². The molecule has 4 nitrogen and oxygen atoms in total. The zero-order valence-electron chi connectivity index (χ0n) is 11.3. The lowest BCUT2D eigenvalue weighted by atomic mass is 10.1. The van der Waals surface area contributed by atoms with E-state index < -0.39 is 0 Å². The van der Waals surface area contributed by atoms with Gasteiger partial charge in [0.05, 0.1) is 12.7 Å². The lowest BCUT2D eigenvalue weighted by molar-refractivity contribution is -0.130. The molecule has 2 rings (SSSR count). The average molecular weight is 239 g/mol. The molecular formula is C13H25N3O. The normalized spacial score (nSPS) is 28.4. The Labute approximate surface area is 104 Å². The summed E-state index contributed by atoms with van der Waals surface area (Å²) in [6, 6.07) is 0.523. The predicted octanol–water partition coefficient (Wildman–Crippen LogP) is 0.885. The van der Waals surface area contributed by atoms with Gasteiger partial charge in [0.1, 0.15) is 0 Å². The van der Waals surface area contributed by atoms with Crippen LogP contribution in [0.5, 0.6) is 0 Å². The van der Waals surface area contributed by atoms with Crippen molar-refractivity contribution in [1.29, 1.82) is 0 Å². The number of likely N-dealkylation sites (tertiary alicyclic amines) is 1. The molecular weight excluding hydrogens is 214 g/mol. The van der Waals surface area contributed by atoms with E-state index in [-0.39, 0.29) is 11.9 Å². The fourth-order valence-corrected chi connectivity index (χ4v) is 2.86. The van der Waals surface area contributed by atoms with Gasteiger partial charge in [0.2, 0.25) is 5.91 Å². The third-order valence-electron chi connectivity index (χ3n) is 4.00. The Hall–Kier alpha value is -0.610. The molecule has 2 aliphatic rings. The summed E-state index contributed by atoms with van der Waals surface area (Å²) in [5, 5.41) is 3.31. The molecule has 2 aliphatic heterocycles. The van der Waals surface area contributed by atoms with Gasteiger partial charge in [0, 0.05) is 12.6 Å². The molecule has 2 heterocycles. The van der Waals surface area contributed by atoms with Crippen LogP contribution in [0.25, 0.3) is 0 Å². The van der Waals surface area contributed by atoms with Crippen LogP contribution in [0.3, 0.4) is 0 Å². The maximum absolute atomic E-state index is 12.1. The molecule has 98 valence electrons. The predicted molar refractivity (Wildman–Crippen MR) is 68.6 cm³/mol. The minimum absolute atomic E-state index is 0.0285. The number of carbonyl (C=O) groups excluding carboxylic acids is 1. The van der Waals surface area contributed by atoms with Gasteiger partial charge in [0.15, 0.2) is 0 Å². The molecule has 17 heavy (non-hydrogen) atoms. The fraction of sp³-hybridized carbons (Fsp3) is 0.923. The van der Waals surface area contributed by atoms with Crippen molar-refractivity contribution in [1.82, 2.24) is 15.1 Å². The van der Waals surface area contributed by atoms with Crippen LogP contribution in [0.15, 0.2) is 0 Å². The Morgan fingerprint density at radius 2 is 1.94 bits per heavy atom. The third kappa shape index (κ3) is 2.80. The molecule has 2 atom stereocenters. The van der Waals surface area contributed by atoms with Gasteiger partial charge in [0.25, 0.3) is 0 Å². The van der Waals surface area contributed by atoms with Gasteiger partial charge in [-0.15, -0.1) is 0 Å². The number of nitrogens with one attached hydrogen (secondary N) is 1. The molecule has 0 aromatic carbocycles. The van der Waals surface area contributed by atoms with Gasteiger partial charge >= 0.3 is 0 Å². The molecule has 4 heteroatoms. The molecule has 0 aromatic heterocycles. The topological polar surface area (TPSA) is 35.6 Å². The Balaban J connectivity index is 1.85. The standard InChI is InChI=1S/C13H25N3O/c1-10(2)12-13(17)16(9-14-12)8-11(3)15-6-4-5-7-15/h10-12,14H,4-9H2,1-3H3. The van der Waals surface area contributed by atoms with Crippen LogP contribution < -0.4 is 5.32 Å². The first-order chi connectivity index (χ1) is 8.09. The number of rotatable bonds is 4. The van der Waals surface area contributed by atoms with Crippen LogP contribution in [0.1, 0.15) is 33.6 Å². The van der Waals surface area contributed by atoms with Crippen molar-refractivity contribution in [3.8, 4) is 0 Å². The Morgan fingerprint density at radius 3 is 2.47 bits per heavy atom. The quantitative estimate of drug-likeness (QED) is 0.791. The van der Waals surface area contributed by atoms with E-state index in [4.69, 9.17) is 0 Å². The number of hydrogen-bond donors (Lipinski definition) is 1. The largest absolute Gasteiger partial charge is 0.327 e. The summed E-state index contributed by atoms with van der Waals surface area (Å²) in [5.41, 5.74) is 0.